The van der Waals surface area contributed by atoms with Crippen LogP contribution in [0.1, 0.15) is 52.9 Å². The highest BCUT2D eigenvalue weighted by atomic mass is 32.1. The zero-order valence-electron chi connectivity index (χ0n) is 11.3. The highest BCUT2D eigenvalue weighted by molar-refractivity contribution is 7.80. The standard InChI is InChI=1S/C14H29NS/c1-14(2,3)13-8-10-15(12-13)9-6-4-5-7-11-16/h13,16H,4-12H2,1-3H3. The summed E-state index contributed by atoms with van der Waals surface area (Å²) in [5.74, 6) is 1.96. The number of unbranched alkanes of at least 4 members (excludes halogenated alkanes) is 3. The molecule has 1 saturated heterocycles. The highest BCUT2D eigenvalue weighted by Crippen LogP contribution is 2.33. The minimum Gasteiger partial charge on any atom is -0.303 e. The lowest BCUT2D eigenvalue weighted by Crippen LogP contribution is -2.26. The van der Waals surface area contributed by atoms with Crippen molar-refractivity contribution in [3.05, 3.63) is 0 Å². The van der Waals surface area contributed by atoms with Crippen LogP contribution in [0.5, 0.6) is 0 Å². The average molecular weight is 243 g/mol. The highest BCUT2D eigenvalue weighted by Gasteiger charge is 2.31. The Labute approximate surface area is 107 Å². The first-order valence-corrected chi connectivity index (χ1v) is 7.50. The molecule has 0 aromatic carbocycles. The van der Waals surface area contributed by atoms with Crippen molar-refractivity contribution in [1.82, 2.24) is 4.90 Å². The van der Waals surface area contributed by atoms with Crippen LogP contribution in [-0.2, 0) is 0 Å². The van der Waals surface area contributed by atoms with Gasteiger partial charge < -0.3 is 4.90 Å². The maximum Gasteiger partial charge on any atom is 0.00151 e. The fourth-order valence-corrected chi connectivity index (χ4v) is 2.77. The summed E-state index contributed by atoms with van der Waals surface area (Å²) >= 11 is 4.24. The van der Waals surface area contributed by atoms with Crippen LogP contribution < -0.4 is 0 Å². The topological polar surface area (TPSA) is 3.24 Å². The average Bonchev–Trinajstić information content (AvgIpc) is 2.65. The van der Waals surface area contributed by atoms with E-state index in [2.05, 4.69) is 38.3 Å². The van der Waals surface area contributed by atoms with Gasteiger partial charge in [0.25, 0.3) is 0 Å². The first kappa shape index (κ1) is 14.4. The van der Waals surface area contributed by atoms with Gasteiger partial charge in [0.15, 0.2) is 0 Å². The van der Waals surface area contributed by atoms with Crippen molar-refractivity contribution < 1.29 is 0 Å². The van der Waals surface area contributed by atoms with Gasteiger partial charge in [-0.3, -0.25) is 0 Å². The fourth-order valence-electron chi connectivity index (χ4n) is 2.54. The van der Waals surface area contributed by atoms with Gasteiger partial charge in [0.1, 0.15) is 0 Å². The fraction of sp³-hybridized carbons (Fsp3) is 1.00. The smallest absolute Gasteiger partial charge is 0.00151 e. The van der Waals surface area contributed by atoms with Gasteiger partial charge in [-0.2, -0.15) is 12.6 Å². The molecule has 0 spiro atoms. The van der Waals surface area contributed by atoms with E-state index in [0.29, 0.717) is 5.41 Å². The summed E-state index contributed by atoms with van der Waals surface area (Å²) in [4.78, 5) is 2.66. The summed E-state index contributed by atoms with van der Waals surface area (Å²) in [6.45, 7) is 11.1. The van der Waals surface area contributed by atoms with Crippen molar-refractivity contribution in [2.75, 3.05) is 25.4 Å². The molecule has 0 amide bonds. The maximum atomic E-state index is 4.24. The van der Waals surface area contributed by atoms with Crippen LogP contribution in [0.25, 0.3) is 0 Å². The summed E-state index contributed by atoms with van der Waals surface area (Å²) in [5.41, 5.74) is 0.501. The van der Waals surface area contributed by atoms with E-state index in [0.717, 1.165) is 11.7 Å². The molecule has 1 fully saturated rings. The Morgan fingerprint density at radius 3 is 2.38 bits per heavy atom. The van der Waals surface area contributed by atoms with Crippen molar-refractivity contribution in [1.29, 1.82) is 0 Å². The number of hydrogen-bond donors (Lipinski definition) is 1. The molecule has 1 aliphatic heterocycles. The molecule has 0 aliphatic carbocycles. The van der Waals surface area contributed by atoms with Crippen molar-refractivity contribution in [2.45, 2.75) is 52.9 Å². The zero-order valence-corrected chi connectivity index (χ0v) is 12.2. The number of likely N-dealkylation sites (tertiary alicyclic amines) is 1. The van der Waals surface area contributed by atoms with Crippen LogP contribution in [0.15, 0.2) is 0 Å². The van der Waals surface area contributed by atoms with Gasteiger partial charge in [-0.1, -0.05) is 33.6 Å². The molecule has 0 bridgehead atoms. The van der Waals surface area contributed by atoms with E-state index < -0.39 is 0 Å². The van der Waals surface area contributed by atoms with Gasteiger partial charge in [0, 0.05) is 6.54 Å². The van der Waals surface area contributed by atoms with E-state index in [9.17, 15) is 0 Å². The van der Waals surface area contributed by atoms with E-state index in [1.54, 1.807) is 0 Å². The maximum absolute atomic E-state index is 4.24. The summed E-state index contributed by atoms with van der Waals surface area (Å²) in [6.07, 6.45) is 6.82. The molecule has 1 atom stereocenters. The number of rotatable bonds is 6. The second kappa shape index (κ2) is 6.90. The third-order valence-electron chi connectivity index (χ3n) is 3.88. The van der Waals surface area contributed by atoms with Crippen molar-refractivity contribution in [3.63, 3.8) is 0 Å². The third kappa shape index (κ3) is 5.09. The normalized spacial score (nSPS) is 22.9. The molecule has 2 heteroatoms. The molecule has 1 nitrogen and oxygen atoms in total. The van der Waals surface area contributed by atoms with E-state index in [-0.39, 0.29) is 0 Å². The minimum absolute atomic E-state index is 0.501. The summed E-state index contributed by atoms with van der Waals surface area (Å²) in [6, 6.07) is 0. The predicted molar refractivity (Wildman–Crippen MR) is 76.3 cm³/mol. The molecule has 0 saturated carbocycles. The largest absolute Gasteiger partial charge is 0.303 e. The Morgan fingerprint density at radius 2 is 1.81 bits per heavy atom. The SMILES string of the molecule is CC(C)(C)C1CCN(CCCCCCS)C1. The first-order valence-electron chi connectivity index (χ1n) is 6.87. The van der Waals surface area contributed by atoms with Crippen molar-refractivity contribution >= 4 is 12.6 Å². The summed E-state index contributed by atoms with van der Waals surface area (Å²) < 4.78 is 0. The quantitative estimate of drug-likeness (QED) is 0.548. The van der Waals surface area contributed by atoms with E-state index in [1.807, 2.05) is 0 Å². The van der Waals surface area contributed by atoms with Crippen LogP contribution in [-0.4, -0.2) is 30.3 Å². The monoisotopic (exact) mass is 243 g/mol. The molecule has 0 aromatic heterocycles. The molecule has 0 N–H and O–H groups in total. The third-order valence-corrected chi connectivity index (χ3v) is 4.20. The molecule has 1 unspecified atom stereocenters. The van der Waals surface area contributed by atoms with Crippen LogP contribution >= 0.6 is 12.6 Å². The minimum atomic E-state index is 0.501. The lowest BCUT2D eigenvalue weighted by Gasteiger charge is -2.27. The molecule has 0 aromatic rings. The van der Waals surface area contributed by atoms with Crippen LogP contribution in [0, 0.1) is 11.3 Å². The Bertz CT molecular complexity index is 186. The lowest BCUT2D eigenvalue weighted by atomic mass is 9.80. The molecule has 16 heavy (non-hydrogen) atoms. The van der Waals surface area contributed by atoms with E-state index in [4.69, 9.17) is 0 Å². The second-order valence-corrected chi connectivity index (χ2v) is 6.74. The van der Waals surface area contributed by atoms with E-state index in [1.165, 1.54) is 51.7 Å². The predicted octanol–water partition coefficient (Wildman–Crippen LogP) is 3.84. The van der Waals surface area contributed by atoms with Crippen molar-refractivity contribution in [2.24, 2.45) is 11.3 Å². The molecule has 0 radical (unpaired) electrons. The Morgan fingerprint density at radius 1 is 1.12 bits per heavy atom. The van der Waals surface area contributed by atoms with Crippen LogP contribution in [0.2, 0.25) is 0 Å². The molecule has 96 valence electrons. The molecule has 1 aliphatic rings. The van der Waals surface area contributed by atoms with Crippen molar-refractivity contribution in [3.8, 4) is 0 Å². The number of nitrogens with zero attached hydrogens (tertiary/aromatic N) is 1. The van der Waals surface area contributed by atoms with Gasteiger partial charge >= 0.3 is 0 Å². The lowest BCUT2D eigenvalue weighted by molar-refractivity contribution is 0.227. The second-order valence-electron chi connectivity index (χ2n) is 6.29. The summed E-state index contributed by atoms with van der Waals surface area (Å²) in [7, 11) is 0. The van der Waals surface area contributed by atoms with Gasteiger partial charge in [-0.25, -0.2) is 0 Å². The van der Waals surface area contributed by atoms with Crippen LogP contribution in [0.3, 0.4) is 0 Å². The number of hydrogen-bond acceptors (Lipinski definition) is 2. The van der Waals surface area contributed by atoms with Gasteiger partial charge in [-0.05, 0) is 49.4 Å². The van der Waals surface area contributed by atoms with Gasteiger partial charge in [-0.15, -0.1) is 0 Å². The Balaban J connectivity index is 2.08. The van der Waals surface area contributed by atoms with E-state index >= 15 is 0 Å². The molecule has 1 heterocycles. The summed E-state index contributed by atoms with van der Waals surface area (Å²) in [5, 5.41) is 0. The Kier molecular flexibility index (Phi) is 6.20. The van der Waals surface area contributed by atoms with Crippen LogP contribution in [0.4, 0.5) is 0 Å². The molecular formula is C14H29NS. The van der Waals surface area contributed by atoms with Gasteiger partial charge in [0.2, 0.25) is 0 Å². The van der Waals surface area contributed by atoms with Gasteiger partial charge in [0.05, 0.1) is 0 Å². The first-order chi connectivity index (χ1) is 7.54. The Hall–Kier alpha value is 0.310. The number of thiol groups is 1. The molecular weight excluding hydrogens is 214 g/mol. The zero-order chi connectivity index (χ0) is 12.0. The molecule has 1 rings (SSSR count).